The number of anilines is 1. The highest BCUT2D eigenvalue weighted by molar-refractivity contribution is 6.00. The minimum atomic E-state index is -0.599. The lowest BCUT2D eigenvalue weighted by Crippen LogP contribution is -2.49. The number of hydrogen-bond acceptors (Lipinski definition) is 4. The van der Waals surface area contributed by atoms with Gasteiger partial charge in [-0.2, -0.15) is 0 Å². The first-order valence-corrected chi connectivity index (χ1v) is 9.75. The Hall–Kier alpha value is -3.61. The molecule has 2 N–H and O–H groups in total. The Morgan fingerprint density at radius 1 is 1.13 bits per heavy atom. The van der Waals surface area contributed by atoms with Crippen LogP contribution in [0.3, 0.4) is 0 Å². The van der Waals surface area contributed by atoms with Crippen LogP contribution >= 0.6 is 0 Å². The zero-order chi connectivity index (χ0) is 21.4. The maximum Gasteiger partial charge on any atom is 0.338 e. The van der Waals surface area contributed by atoms with Crippen LogP contribution in [0, 0.1) is 20.8 Å². The predicted molar refractivity (Wildman–Crippen MR) is 112 cm³/mol. The van der Waals surface area contributed by atoms with Crippen molar-refractivity contribution in [2.75, 3.05) is 18.5 Å². The summed E-state index contributed by atoms with van der Waals surface area (Å²) in [7, 11) is 0. The van der Waals surface area contributed by atoms with Gasteiger partial charge in [-0.15, -0.1) is 0 Å². The summed E-state index contributed by atoms with van der Waals surface area (Å²) in [5.74, 6) is -0.827. The second-order valence-electron chi connectivity index (χ2n) is 7.68. The Morgan fingerprint density at radius 2 is 1.90 bits per heavy atom. The molecule has 0 saturated heterocycles. The fourth-order valence-electron chi connectivity index (χ4n) is 3.85. The topological polar surface area (TPSA) is 87.7 Å². The van der Waals surface area contributed by atoms with E-state index in [-0.39, 0.29) is 19.1 Å². The molecule has 0 bridgehead atoms. The maximum absolute atomic E-state index is 12.9. The summed E-state index contributed by atoms with van der Waals surface area (Å²) in [4.78, 5) is 39.3. The Kier molecular flexibility index (Phi) is 5.03. The number of nitrogens with one attached hydrogen (secondary N) is 2. The molecular weight excluding hydrogens is 382 g/mol. The maximum atomic E-state index is 12.9. The molecule has 2 aliphatic heterocycles. The third-order valence-corrected chi connectivity index (χ3v) is 5.35. The molecule has 2 aliphatic rings. The van der Waals surface area contributed by atoms with Crippen molar-refractivity contribution in [3.8, 4) is 0 Å². The number of benzene rings is 2. The number of urea groups is 1. The van der Waals surface area contributed by atoms with Crippen LogP contribution in [-0.2, 0) is 14.3 Å². The van der Waals surface area contributed by atoms with Crippen molar-refractivity contribution in [1.82, 2.24) is 10.2 Å². The van der Waals surface area contributed by atoms with Crippen LogP contribution in [0.15, 0.2) is 53.7 Å². The summed E-state index contributed by atoms with van der Waals surface area (Å²) in [5, 5.41) is 5.67. The second kappa shape index (κ2) is 7.67. The molecule has 2 aromatic rings. The van der Waals surface area contributed by atoms with Crippen molar-refractivity contribution in [3.63, 3.8) is 0 Å². The number of carbonyl (C=O) groups is 3. The van der Waals surface area contributed by atoms with Crippen molar-refractivity contribution in [2.24, 2.45) is 0 Å². The van der Waals surface area contributed by atoms with Crippen LogP contribution in [0.25, 0.3) is 0 Å². The van der Waals surface area contributed by atoms with Crippen molar-refractivity contribution < 1.29 is 19.1 Å². The highest BCUT2D eigenvalue weighted by atomic mass is 16.5. The summed E-state index contributed by atoms with van der Waals surface area (Å²) in [6, 6.07) is 12.3. The minimum absolute atomic E-state index is 0.0271. The first kappa shape index (κ1) is 19.7. The molecule has 154 valence electrons. The Balaban J connectivity index is 1.63. The number of aryl methyl sites for hydroxylation is 3. The molecule has 1 atom stereocenters. The lowest BCUT2D eigenvalue weighted by atomic mass is 9.91. The van der Waals surface area contributed by atoms with Gasteiger partial charge in [-0.3, -0.25) is 9.69 Å². The highest BCUT2D eigenvalue weighted by Crippen LogP contribution is 2.36. The molecule has 2 heterocycles. The van der Waals surface area contributed by atoms with E-state index in [0.717, 1.165) is 22.3 Å². The SMILES string of the molecule is Cc1cccc(NC(=O)CN2C(=O)N[C@@H](c3cc(C)ccc3C)C3=C2COC3=O)c1. The molecule has 30 heavy (non-hydrogen) atoms. The number of ether oxygens (including phenoxy) is 1. The lowest BCUT2D eigenvalue weighted by Gasteiger charge is -2.33. The largest absolute Gasteiger partial charge is 0.456 e. The number of carbonyl (C=O) groups excluding carboxylic acids is 3. The summed E-state index contributed by atoms with van der Waals surface area (Å²) < 4.78 is 5.24. The third kappa shape index (κ3) is 3.66. The average molecular weight is 405 g/mol. The molecule has 0 saturated carbocycles. The van der Waals surface area contributed by atoms with Crippen LogP contribution in [-0.4, -0.2) is 36.0 Å². The average Bonchev–Trinajstić information content (AvgIpc) is 3.07. The first-order chi connectivity index (χ1) is 14.3. The van der Waals surface area contributed by atoms with Crippen molar-refractivity contribution in [1.29, 1.82) is 0 Å². The van der Waals surface area contributed by atoms with Crippen LogP contribution in [0.5, 0.6) is 0 Å². The van der Waals surface area contributed by atoms with Crippen molar-refractivity contribution in [2.45, 2.75) is 26.8 Å². The van der Waals surface area contributed by atoms with E-state index in [9.17, 15) is 14.4 Å². The van der Waals surface area contributed by atoms with E-state index in [1.54, 1.807) is 6.07 Å². The van der Waals surface area contributed by atoms with Gasteiger partial charge >= 0.3 is 12.0 Å². The smallest absolute Gasteiger partial charge is 0.338 e. The van der Waals surface area contributed by atoms with Crippen LogP contribution in [0.1, 0.15) is 28.3 Å². The molecule has 0 spiro atoms. The van der Waals surface area contributed by atoms with Gasteiger partial charge < -0.3 is 15.4 Å². The van der Waals surface area contributed by atoms with Gasteiger partial charge in [0.1, 0.15) is 13.2 Å². The van der Waals surface area contributed by atoms with Crippen LogP contribution in [0.4, 0.5) is 10.5 Å². The zero-order valence-electron chi connectivity index (χ0n) is 17.1. The molecular formula is C23H23N3O4. The van der Waals surface area contributed by atoms with E-state index in [2.05, 4.69) is 10.6 Å². The summed E-state index contributed by atoms with van der Waals surface area (Å²) in [6.07, 6.45) is 0. The standard InChI is InChI=1S/C23H23N3O4/c1-13-5-4-6-16(9-13)24-19(27)11-26-18-12-30-22(28)20(18)21(25-23(26)29)17-10-14(2)7-8-15(17)3/h4-10,21H,11-12H2,1-3H3,(H,24,27)(H,25,29)/t21-/m0/s1. The molecule has 0 fully saturated rings. The van der Waals surface area contributed by atoms with Gasteiger partial charge in [0.05, 0.1) is 17.3 Å². The van der Waals surface area contributed by atoms with Gasteiger partial charge in [0.15, 0.2) is 0 Å². The van der Waals surface area contributed by atoms with Gasteiger partial charge in [0.25, 0.3) is 0 Å². The molecule has 0 aromatic heterocycles. The summed E-state index contributed by atoms with van der Waals surface area (Å²) >= 11 is 0. The van der Waals surface area contributed by atoms with Crippen molar-refractivity contribution in [3.05, 3.63) is 76.0 Å². The monoisotopic (exact) mass is 405 g/mol. The zero-order valence-corrected chi connectivity index (χ0v) is 17.1. The van der Waals surface area contributed by atoms with Gasteiger partial charge in [-0.1, -0.05) is 35.9 Å². The minimum Gasteiger partial charge on any atom is -0.456 e. The number of esters is 1. The second-order valence-corrected chi connectivity index (χ2v) is 7.68. The number of amides is 3. The van der Waals surface area contributed by atoms with Crippen molar-refractivity contribution >= 4 is 23.6 Å². The van der Waals surface area contributed by atoms with E-state index in [0.29, 0.717) is 17.0 Å². The Morgan fingerprint density at radius 3 is 2.67 bits per heavy atom. The molecule has 0 aliphatic carbocycles. The predicted octanol–water partition coefficient (Wildman–Crippen LogP) is 3.13. The Bertz CT molecular complexity index is 1090. The van der Waals surface area contributed by atoms with Gasteiger partial charge in [-0.25, -0.2) is 9.59 Å². The fraction of sp³-hybridized carbons (Fsp3) is 0.261. The molecule has 4 rings (SSSR count). The van der Waals surface area contributed by atoms with E-state index in [1.165, 1.54) is 4.90 Å². The molecule has 7 nitrogen and oxygen atoms in total. The van der Waals surface area contributed by atoms with E-state index in [4.69, 9.17) is 4.74 Å². The van der Waals surface area contributed by atoms with Crippen LogP contribution in [0.2, 0.25) is 0 Å². The number of cyclic esters (lactones) is 1. The van der Waals surface area contributed by atoms with Gasteiger partial charge in [0, 0.05) is 5.69 Å². The molecule has 3 amide bonds. The molecule has 0 radical (unpaired) electrons. The summed E-state index contributed by atoms with van der Waals surface area (Å²) in [6.45, 7) is 5.58. The number of nitrogens with zero attached hydrogens (tertiary/aromatic N) is 1. The normalized spacial score (nSPS) is 18.1. The van der Waals surface area contributed by atoms with Gasteiger partial charge in [-0.05, 0) is 49.6 Å². The number of hydrogen-bond donors (Lipinski definition) is 2. The van der Waals surface area contributed by atoms with E-state index < -0.39 is 18.0 Å². The fourth-order valence-corrected chi connectivity index (χ4v) is 3.85. The summed E-state index contributed by atoms with van der Waals surface area (Å²) in [5.41, 5.74) is 5.32. The van der Waals surface area contributed by atoms with Crippen LogP contribution < -0.4 is 10.6 Å². The third-order valence-electron chi connectivity index (χ3n) is 5.35. The van der Waals surface area contributed by atoms with E-state index in [1.807, 2.05) is 57.2 Å². The molecule has 0 unspecified atom stereocenters. The number of rotatable bonds is 4. The quantitative estimate of drug-likeness (QED) is 0.765. The highest BCUT2D eigenvalue weighted by Gasteiger charge is 2.43. The molecule has 7 heteroatoms. The van der Waals surface area contributed by atoms with E-state index >= 15 is 0 Å². The molecule has 2 aromatic carbocycles. The Labute approximate surface area is 174 Å². The first-order valence-electron chi connectivity index (χ1n) is 9.75. The lowest BCUT2D eigenvalue weighted by molar-refractivity contribution is -0.136. The van der Waals surface area contributed by atoms with Gasteiger partial charge in [0.2, 0.25) is 5.91 Å².